The van der Waals surface area contributed by atoms with Gasteiger partial charge in [-0.3, -0.25) is 0 Å². The van der Waals surface area contributed by atoms with Crippen molar-refractivity contribution in [3.63, 3.8) is 0 Å². The minimum atomic E-state index is 0. The molecule has 0 radical (unpaired) electrons. The van der Waals surface area contributed by atoms with Crippen LogP contribution in [0.2, 0.25) is 0 Å². The molecule has 0 aromatic carbocycles. The fraction of sp³-hybridized carbons (Fsp3) is 0. The first-order valence-corrected chi connectivity index (χ1v) is 0.447. The molecular formula is CH2LiNO. The zero-order chi connectivity index (χ0) is 2.71. The monoisotopic (exact) mass is 51.0 g/mol. The van der Waals surface area contributed by atoms with Gasteiger partial charge in [-0.25, -0.2) is 0 Å². The van der Waals surface area contributed by atoms with Gasteiger partial charge in [0, 0.05) is 0 Å². The summed E-state index contributed by atoms with van der Waals surface area (Å²) in [5, 5.41) is 13.8. The van der Waals surface area contributed by atoms with E-state index in [1.165, 1.54) is 0 Å². The molecule has 0 aliphatic heterocycles. The number of nitriles is 1. The summed E-state index contributed by atoms with van der Waals surface area (Å²) in [4.78, 5) is 0. The predicted molar refractivity (Wildman–Crippen MR) is 8.66 cm³/mol. The van der Waals surface area contributed by atoms with Crippen LogP contribution < -0.4 is 18.9 Å². The van der Waals surface area contributed by atoms with Gasteiger partial charge in [0.25, 0.3) is 6.26 Å². The van der Waals surface area contributed by atoms with Gasteiger partial charge in [-0.05, 0) is 0 Å². The van der Waals surface area contributed by atoms with E-state index in [-0.39, 0.29) is 20.3 Å². The second-order valence-corrected chi connectivity index (χ2v) is 0.100. The molecule has 4 heavy (non-hydrogen) atoms. The number of rotatable bonds is 0. The first kappa shape index (κ1) is 9.10. The molecule has 0 aliphatic rings. The largest absolute Gasteiger partial charge is 1.00 e. The SMILES string of the molecule is N#CO.[H-].[Li+]. The van der Waals surface area contributed by atoms with Gasteiger partial charge in [-0.2, -0.15) is 5.26 Å². The molecule has 1 N–H and O–H groups in total. The van der Waals surface area contributed by atoms with E-state index in [0.717, 1.165) is 6.26 Å². The maximum absolute atomic E-state index is 6.88. The summed E-state index contributed by atoms with van der Waals surface area (Å²) in [6.07, 6.45) is 0.750. The maximum atomic E-state index is 6.88. The number of hydrogen-bond acceptors (Lipinski definition) is 2. The van der Waals surface area contributed by atoms with Gasteiger partial charge in [-0.15, -0.1) is 0 Å². The molecule has 0 bridgehead atoms. The fourth-order valence-corrected chi connectivity index (χ4v) is 0. The molecule has 0 saturated carbocycles. The van der Waals surface area contributed by atoms with E-state index in [4.69, 9.17) is 10.4 Å². The molecule has 0 amide bonds. The Balaban J connectivity index is -0.0000000200. The Hall–Kier alpha value is -0.113. The van der Waals surface area contributed by atoms with E-state index in [1.54, 1.807) is 0 Å². The molecule has 0 aromatic heterocycles. The van der Waals surface area contributed by atoms with Crippen molar-refractivity contribution in [3.8, 4) is 6.26 Å². The summed E-state index contributed by atoms with van der Waals surface area (Å²) >= 11 is 0. The van der Waals surface area contributed by atoms with E-state index in [1.807, 2.05) is 0 Å². The summed E-state index contributed by atoms with van der Waals surface area (Å²) in [5.74, 6) is 0. The molecule has 0 heterocycles. The number of nitrogens with zero attached hydrogens (tertiary/aromatic N) is 1. The third kappa shape index (κ3) is 117. The van der Waals surface area contributed by atoms with Crippen LogP contribution in [0.5, 0.6) is 0 Å². The Kier molecular flexibility index (Phi) is 29.7. The zero-order valence-electron chi connectivity index (χ0n) is 3.39. The fourth-order valence-electron chi connectivity index (χ4n) is 0. The molecule has 0 aliphatic carbocycles. The molecule has 2 nitrogen and oxygen atoms in total. The van der Waals surface area contributed by atoms with Gasteiger partial charge >= 0.3 is 18.9 Å². The van der Waals surface area contributed by atoms with Crippen LogP contribution in [0.3, 0.4) is 0 Å². The van der Waals surface area contributed by atoms with Gasteiger partial charge in [0.2, 0.25) is 0 Å². The Morgan fingerprint density at radius 3 is 2.00 bits per heavy atom. The van der Waals surface area contributed by atoms with Crippen LogP contribution in [0.25, 0.3) is 0 Å². The molecule has 0 fully saturated rings. The molecule has 0 rings (SSSR count). The third-order valence-electron chi connectivity index (χ3n) is 0. The average Bonchev–Trinajstić information content (AvgIpc) is 0.918. The van der Waals surface area contributed by atoms with Gasteiger partial charge in [-0.1, -0.05) is 0 Å². The first-order valence-electron chi connectivity index (χ1n) is 0.447. The zero-order valence-corrected chi connectivity index (χ0v) is 2.39. The van der Waals surface area contributed by atoms with Crippen molar-refractivity contribution in [2.24, 2.45) is 0 Å². The third-order valence-corrected chi connectivity index (χ3v) is 0. The molecule has 0 spiro atoms. The van der Waals surface area contributed by atoms with Crippen molar-refractivity contribution < 1.29 is 25.4 Å². The Bertz CT molecular complexity index is 33.1. The van der Waals surface area contributed by atoms with Crippen molar-refractivity contribution >= 4 is 0 Å². The van der Waals surface area contributed by atoms with Crippen molar-refractivity contribution in [1.29, 1.82) is 5.26 Å². The normalized spacial score (nSPS) is 1.75. The van der Waals surface area contributed by atoms with Crippen LogP contribution in [0.1, 0.15) is 1.43 Å². The number of aliphatic hydroxyl groups is 1. The van der Waals surface area contributed by atoms with Crippen LogP contribution in [0.15, 0.2) is 0 Å². The molecule has 18 valence electrons. The summed E-state index contributed by atoms with van der Waals surface area (Å²) in [6.45, 7) is 0. The summed E-state index contributed by atoms with van der Waals surface area (Å²) in [5.41, 5.74) is 0. The first-order chi connectivity index (χ1) is 1.41. The summed E-state index contributed by atoms with van der Waals surface area (Å²) in [7, 11) is 0. The summed E-state index contributed by atoms with van der Waals surface area (Å²) in [6, 6.07) is 0. The van der Waals surface area contributed by atoms with Crippen LogP contribution >= 0.6 is 0 Å². The molecule has 3 heteroatoms. The average molecular weight is 51.0 g/mol. The molecule has 0 saturated heterocycles. The summed E-state index contributed by atoms with van der Waals surface area (Å²) < 4.78 is 0. The van der Waals surface area contributed by atoms with E-state index in [0.29, 0.717) is 0 Å². The van der Waals surface area contributed by atoms with Crippen LogP contribution in [-0.2, 0) is 0 Å². The number of aliphatic hydroxyl groups excluding tert-OH is 1. The Morgan fingerprint density at radius 2 is 2.00 bits per heavy atom. The van der Waals surface area contributed by atoms with Gasteiger partial charge < -0.3 is 6.53 Å². The Labute approximate surface area is 37.7 Å². The molecular weight excluding hydrogens is 49.0 g/mol. The van der Waals surface area contributed by atoms with Gasteiger partial charge in [0.1, 0.15) is 0 Å². The maximum Gasteiger partial charge on any atom is 1.00 e. The minimum Gasteiger partial charge on any atom is -1.00 e. The molecule has 0 unspecified atom stereocenters. The molecule has 0 aromatic rings. The van der Waals surface area contributed by atoms with E-state index < -0.39 is 0 Å². The quantitative estimate of drug-likeness (QED) is 0.235. The van der Waals surface area contributed by atoms with E-state index in [9.17, 15) is 0 Å². The predicted octanol–water partition coefficient (Wildman–Crippen LogP) is -3.04. The van der Waals surface area contributed by atoms with Gasteiger partial charge in [0.05, 0.1) is 0 Å². The second-order valence-electron chi connectivity index (χ2n) is 0.100. The van der Waals surface area contributed by atoms with Crippen LogP contribution in [0.4, 0.5) is 0 Å². The van der Waals surface area contributed by atoms with Crippen LogP contribution in [0, 0.1) is 11.5 Å². The van der Waals surface area contributed by atoms with Crippen molar-refractivity contribution in [1.82, 2.24) is 0 Å². The second kappa shape index (κ2) is 13.1. The van der Waals surface area contributed by atoms with Crippen molar-refractivity contribution in [2.75, 3.05) is 0 Å². The number of hydrogen-bond donors (Lipinski definition) is 1. The van der Waals surface area contributed by atoms with E-state index in [2.05, 4.69) is 0 Å². The van der Waals surface area contributed by atoms with E-state index >= 15 is 0 Å². The van der Waals surface area contributed by atoms with Crippen molar-refractivity contribution in [3.05, 3.63) is 0 Å². The standard InChI is InChI=1S/CHNO.Li.H/c2-1-3;;/h3H;;/q;+1;-1. The topological polar surface area (TPSA) is 44.0 Å². The van der Waals surface area contributed by atoms with Crippen molar-refractivity contribution in [2.45, 2.75) is 0 Å². The van der Waals surface area contributed by atoms with Crippen LogP contribution in [-0.4, -0.2) is 5.11 Å². The smallest absolute Gasteiger partial charge is 1.00 e. The van der Waals surface area contributed by atoms with Gasteiger partial charge in [0.15, 0.2) is 0 Å². The molecule has 0 atom stereocenters. The minimum absolute atomic E-state index is 0. The Morgan fingerprint density at radius 1 is 2.00 bits per heavy atom.